The summed E-state index contributed by atoms with van der Waals surface area (Å²) in [5, 5.41) is 7.34. The summed E-state index contributed by atoms with van der Waals surface area (Å²) in [6, 6.07) is 19.2. The van der Waals surface area contributed by atoms with Crippen LogP contribution in [0.25, 0.3) is 11.3 Å². The Balaban J connectivity index is 1.78. The molecule has 25 heavy (non-hydrogen) atoms. The van der Waals surface area contributed by atoms with Gasteiger partial charge in [0, 0.05) is 12.6 Å². The molecule has 0 unspecified atom stereocenters. The van der Waals surface area contributed by atoms with E-state index in [-0.39, 0.29) is 11.9 Å². The largest absolute Gasteiger partial charge is 0.497 e. The van der Waals surface area contributed by atoms with Gasteiger partial charge in [0.25, 0.3) is 5.91 Å². The second-order valence-electron chi connectivity index (χ2n) is 5.87. The molecule has 0 fully saturated rings. The van der Waals surface area contributed by atoms with Gasteiger partial charge in [-0.05, 0) is 42.8 Å². The van der Waals surface area contributed by atoms with E-state index in [4.69, 9.17) is 4.74 Å². The zero-order valence-electron chi connectivity index (χ0n) is 14.6. The van der Waals surface area contributed by atoms with E-state index in [1.807, 2.05) is 68.6 Å². The fourth-order valence-corrected chi connectivity index (χ4v) is 2.71. The van der Waals surface area contributed by atoms with Gasteiger partial charge < -0.3 is 10.1 Å². The summed E-state index contributed by atoms with van der Waals surface area (Å²) in [5.74, 6) is 0.604. The Hall–Kier alpha value is -3.08. The van der Waals surface area contributed by atoms with Crippen LogP contribution >= 0.6 is 0 Å². The average Bonchev–Trinajstić information content (AvgIpc) is 3.04. The lowest BCUT2D eigenvalue weighted by atomic mass is 10.1. The summed E-state index contributed by atoms with van der Waals surface area (Å²) in [6.07, 6.45) is 0. The van der Waals surface area contributed by atoms with Crippen molar-refractivity contribution in [2.75, 3.05) is 7.11 Å². The Morgan fingerprint density at radius 1 is 1.12 bits per heavy atom. The van der Waals surface area contributed by atoms with E-state index >= 15 is 0 Å². The third-order valence-corrected chi connectivity index (χ3v) is 4.15. The smallest absolute Gasteiger partial charge is 0.272 e. The summed E-state index contributed by atoms with van der Waals surface area (Å²) >= 11 is 0. The monoisotopic (exact) mass is 335 g/mol. The molecule has 1 heterocycles. The maximum Gasteiger partial charge on any atom is 0.272 e. The molecule has 0 aliphatic rings. The number of benzene rings is 2. The Morgan fingerprint density at radius 3 is 2.44 bits per heavy atom. The molecule has 0 aliphatic heterocycles. The molecule has 0 saturated carbocycles. The van der Waals surface area contributed by atoms with Gasteiger partial charge in [-0.2, -0.15) is 5.10 Å². The number of carbonyl (C=O) groups is 1. The van der Waals surface area contributed by atoms with Crippen LogP contribution in [0.4, 0.5) is 0 Å². The number of aromatic nitrogens is 2. The van der Waals surface area contributed by atoms with Crippen LogP contribution in [0, 0.1) is 0 Å². The van der Waals surface area contributed by atoms with Gasteiger partial charge in [0.2, 0.25) is 0 Å². The molecular weight excluding hydrogens is 314 g/mol. The van der Waals surface area contributed by atoms with Crippen LogP contribution in [0.15, 0.2) is 60.7 Å². The second kappa shape index (κ2) is 7.21. The average molecular weight is 335 g/mol. The minimum absolute atomic E-state index is 0.0832. The van der Waals surface area contributed by atoms with Gasteiger partial charge in [-0.3, -0.25) is 9.48 Å². The Morgan fingerprint density at radius 2 is 1.80 bits per heavy atom. The molecule has 5 nitrogen and oxygen atoms in total. The number of nitrogens with one attached hydrogen (secondary N) is 1. The summed E-state index contributed by atoms with van der Waals surface area (Å²) in [7, 11) is 3.46. The van der Waals surface area contributed by atoms with Gasteiger partial charge >= 0.3 is 0 Å². The normalized spacial score (nSPS) is 11.8. The molecule has 3 aromatic rings. The first-order valence-electron chi connectivity index (χ1n) is 8.13. The molecule has 0 bridgehead atoms. The van der Waals surface area contributed by atoms with Crippen molar-refractivity contribution in [3.63, 3.8) is 0 Å². The van der Waals surface area contributed by atoms with Gasteiger partial charge in [0.05, 0.1) is 18.8 Å². The van der Waals surface area contributed by atoms with Crippen LogP contribution in [-0.4, -0.2) is 22.8 Å². The first kappa shape index (κ1) is 16.8. The van der Waals surface area contributed by atoms with E-state index in [0.29, 0.717) is 5.69 Å². The molecule has 1 amide bonds. The van der Waals surface area contributed by atoms with Crippen molar-refractivity contribution in [1.29, 1.82) is 0 Å². The zero-order chi connectivity index (χ0) is 17.8. The van der Waals surface area contributed by atoms with Crippen LogP contribution in [0.3, 0.4) is 0 Å². The van der Waals surface area contributed by atoms with Crippen LogP contribution in [0.2, 0.25) is 0 Å². The molecule has 1 aromatic heterocycles. The fraction of sp³-hybridized carbons (Fsp3) is 0.200. The highest BCUT2D eigenvalue weighted by atomic mass is 16.5. The summed E-state index contributed by atoms with van der Waals surface area (Å²) in [4.78, 5) is 12.5. The van der Waals surface area contributed by atoms with Crippen molar-refractivity contribution in [2.24, 2.45) is 7.05 Å². The SMILES string of the molecule is COc1ccc(-c2cc(C(=O)N[C@H](C)c3ccccc3)nn2C)cc1. The van der Waals surface area contributed by atoms with E-state index < -0.39 is 0 Å². The number of hydrogen-bond donors (Lipinski definition) is 1. The zero-order valence-corrected chi connectivity index (χ0v) is 14.6. The van der Waals surface area contributed by atoms with Crippen LogP contribution in [0.5, 0.6) is 5.75 Å². The van der Waals surface area contributed by atoms with Crippen LogP contribution < -0.4 is 10.1 Å². The lowest BCUT2D eigenvalue weighted by Crippen LogP contribution is -2.27. The third-order valence-electron chi connectivity index (χ3n) is 4.15. The molecule has 3 rings (SSSR count). The fourth-order valence-electron chi connectivity index (χ4n) is 2.71. The third kappa shape index (κ3) is 3.71. The number of ether oxygens (including phenoxy) is 1. The number of aryl methyl sites for hydroxylation is 1. The predicted octanol–water partition coefficient (Wildman–Crippen LogP) is 3.59. The van der Waals surface area contributed by atoms with Crippen molar-refractivity contribution < 1.29 is 9.53 Å². The molecule has 128 valence electrons. The van der Waals surface area contributed by atoms with E-state index in [9.17, 15) is 4.79 Å². The molecule has 2 aromatic carbocycles. The molecule has 0 saturated heterocycles. The van der Waals surface area contributed by atoms with E-state index in [0.717, 1.165) is 22.6 Å². The van der Waals surface area contributed by atoms with Crippen molar-refractivity contribution in [3.8, 4) is 17.0 Å². The van der Waals surface area contributed by atoms with Gasteiger partial charge in [-0.15, -0.1) is 0 Å². The van der Waals surface area contributed by atoms with Crippen molar-refractivity contribution in [3.05, 3.63) is 71.9 Å². The Kier molecular flexibility index (Phi) is 4.84. The minimum atomic E-state index is -0.188. The highest BCUT2D eigenvalue weighted by molar-refractivity contribution is 5.93. The molecular formula is C20H21N3O2. The summed E-state index contributed by atoms with van der Waals surface area (Å²) < 4.78 is 6.89. The first-order chi connectivity index (χ1) is 12.1. The van der Waals surface area contributed by atoms with Crippen molar-refractivity contribution in [1.82, 2.24) is 15.1 Å². The number of nitrogens with zero attached hydrogens (tertiary/aromatic N) is 2. The van der Waals surface area contributed by atoms with E-state index in [1.165, 1.54) is 0 Å². The van der Waals surface area contributed by atoms with Gasteiger partial charge in [0.1, 0.15) is 5.75 Å². The molecule has 0 radical (unpaired) electrons. The molecule has 5 heteroatoms. The number of hydrogen-bond acceptors (Lipinski definition) is 3. The quantitative estimate of drug-likeness (QED) is 0.775. The molecule has 1 atom stereocenters. The maximum absolute atomic E-state index is 12.5. The van der Waals surface area contributed by atoms with Crippen molar-refractivity contribution in [2.45, 2.75) is 13.0 Å². The van der Waals surface area contributed by atoms with Crippen molar-refractivity contribution >= 4 is 5.91 Å². The number of carbonyl (C=O) groups excluding carboxylic acids is 1. The summed E-state index contributed by atoms with van der Waals surface area (Å²) in [6.45, 7) is 1.96. The highest BCUT2D eigenvalue weighted by Gasteiger charge is 2.16. The van der Waals surface area contributed by atoms with Crippen LogP contribution in [0.1, 0.15) is 29.0 Å². The Bertz CT molecular complexity index is 854. The lowest BCUT2D eigenvalue weighted by molar-refractivity contribution is 0.0934. The summed E-state index contributed by atoms with van der Waals surface area (Å²) in [5.41, 5.74) is 3.31. The predicted molar refractivity (Wildman–Crippen MR) is 97.5 cm³/mol. The van der Waals surface area contributed by atoms with Crippen LogP contribution in [-0.2, 0) is 7.05 Å². The standard InChI is InChI=1S/C20H21N3O2/c1-14(15-7-5-4-6-8-15)21-20(24)18-13-19(23(2)22-18)16-9-11-17(25-3)12-10-16/h4-14H,1-3H3,(H,21,24)/t14-/m1/s1. The number of amides is 1. The maximum atomic E-state index is 12.5. The Labute approximate surface area is 147 Å². The second-order valence-corrected chi connectivity index (χ2v) is 5.87. The molecule has 1 N–H and O–H groups in total. The van der Waals surface area contributed by atoms with Gasteiger partial charge in [-0.1, -0.05) is 30.3 Å². The first-order valence-corrected chi connectivity index (χ1v) is 8.13. The molecule has 0 aliphatic carbocycles. The topological polar surface area (TPSA) is 56.1 Å². The van der Waals surface area contributed by atoms with Gasteiger partial charge in [-0.25, -0.2) is 0 Å². The van der Waals surface area contributed by atoms with E-state index in [2.05, 4.69) is 10.4 Å². The highest BCUT2D eigenvalue weighted by Crippen LogP contribution is 2.23. The number of rotatable bonds is 5. The minimum Gasteiger partial charge on any atom is -0.497 e. The lowest BCUT2D eigenvalue weighted by Gasteiger charge is -2.13. The molecule has 0 spiro atoms. The van der Waals surface area contributed by atoms with E-state index in [1.54, 1.807) is 17.9 Å². The number of methoxy groups -OCH3 is 1. The van der Waals surface area contributed by atoms with Gasteiger partial charge in [0.15, 0.2) is 5.69 Å².